The lowest BCUT2D eigenvalue weighted by Gasteiger charge is -2.01. The molecule has 0 saturated heterocycles. The molecule has 0 radical (unpaired) electrons. The average Bonchev–Trinajstić information content (AvgIpc) is 2.22. The quantitative estimate of drug-likeness (QED) is 0.784. The highest BCUT2D eigenvalue weighted by Crippen LogP contribution is 2.21. The van der Waals surface area contributed by atoms with Crippen LogP contribution in [0.1, 0.15) is 0 Å². The minimum absolute atomic E-state index is 0.245. The summed E-state index contributed by atoms with van der Waals surface area (Å²) in [7, 11) is 0. The molecule has 0 atom stereocenters. The van der Waals surface area contributed by atoms with Gasteiger partial charge in [-0.25, -0.2) is 4.39 Å². The summed E-state index contributed by atoms with van der Waals surface area (Å²) in [4.78, 5) is 14.5. The molecule has 1 aromatic heterocycles. The first-order valence-corrected chi connectivity index (χ1v) is 5.01. The van der Waals surface area contributed by atoms with Crippen molar-refractivity contribution < 1.29 is 9.13 Å². The van der Waals surface area contributed by atoms with Crippen molar-refractivity contribution in [2.24, 2.45) is 0 Å². The van der Waals surface area contributed by atoms with E-state index >= 15 is 0 Å². The molecule has 2 aromatic rings. The molecule has 3 nitrogen and oxygen atoms in total. The van der Waals surface area contributed by atoms with E-state index in [-0.39, 0.29) is 16.6 Å². The van der Waals surface area contributed by atoms with Crippen molar-refractivity contribution in [1.29, 1.82) is 0 Å². The van der Waals surface area contributed by atoms with Crippen LogP contribution >= 0.6 is 11.3 Å². The highest BCUT2D eigenvalue weighted by Gasteiger charge is 1.99. The number of aromatic nitrogens is 1. The Morgan fingerprint density at radius 3 is 2.60 bits per heavy atom. The summed E-state index contributed by atoms with van der Waals surface area (Å²) < 4.78 is 17.8. The molecule has 0 amide bonds. The molecule has 0 fully saturated rings. The number of ether oxygens (including phenoxy) is 1. The van der Waals surface area contributed by atoms with Gasteiger partial charge in [-0.15, -0.1) is 0 Å². The van der Waals surface area contributed by atoms with Crippen molar-refractivity contribution >= 4 is 11.3 Å². The standard InChI is InChI=1S/C10H6FNO2S/c11-7-1-3-8(4-2-7)14-10-12-9(13)5-6-15-10/h1-6H. The molecule has 0 unspecified atom stereocenters. The number of nitrogens with zero attached hydrogens (tertiary/aromatic N) is 1. The van der Waals surface area contributed by atoms with Crippen LogP contribution in [0.4, 0.5) is 4.39 Å². The van der Waals surface area contributed by atoms with E-state index < -0.39 is 0 Å². The van der Waals surface area contributed by atoms with Gasteiger partial charge in [0.25, 0.3) is 10.8 Å². The maximum atomic E-state index is 12.6. The molecular weight excluding hydrogens is 217 g/mol. The van der Waals surface area contributed by atoms with Gasteiger partial charge in [-0.2, -0.15) is 4.98 Å². The number of hydrogen-bond donors (Lipinski definition) is 0. The Balaban J connectivity index is 2.22. The predicted molar refractivity (Wildman–Crippen MR) is 54.9 cm³/mol. The molecule has 15 heavy (non-hydrogen) atoms. The Bertz CT molecular complexity index is 509. The van der Waals surface area contributed by atoms with Gasteiger partial charge in [0.2, 0.25) is 0 Å². The molecule has 0 aliphatic rings. The van der Waals surface area contributed by atoms with Crippen molar-refractivity contribution in [3.63, 3.8) is 0 Å². The van der Waals surface area contributed by atoms with Crippen LogP contribution in [0.3, 0.4) is 0 Å². The summed E-state index contributed by atoms with van der Waals surface area (Å²) in [5.74, 6) is 0.113. The highest BCUT2D eigenvalue weighted by molar-refractivity contribution is 7.11. The van der Waals surface area contributed by atoms with Crippen LogP contribution in [0, 0.1) is 5.82 Å². The van der Waals surface area contributed by atoms with Gasteiger partial charge in [-0.3, -0.25) is 4.79 Å². The van der Waals surface area contributed by atoms with Gasteiger partial charge in [-0.1, -0.05) is 11.3 Å². The van der Waals surface area contributed by atoms with E-state index in [2.05, 4.69) is 4.98 Å². The molecule has 0 spiro atoms. The molecule has 76 valence electrons. The van der Waals surface area contributed by atoms with Crippen molar-refractivity contribution in [2.45, 2.75) is 0 Å². The average molecular weight is 223 g/mol. The van der Waals surface area contributed by atoms with Gasteiger partial charge in [0, 0.05) is 11.4 Å². The molecule has 1 heterocycles. The maximum absolute atomic E-state index is 12.6. The first kappa shape index (κ1) is 9.79. The Morgan fingerprint density at radius 1 is 1.20 bits per heavy atom. The van der Waals surface area contributed by atoms with Crippen LogP contribution < -0.4 is 10.3 Å². The molecule has 0 N–H and O–H groups in total. The van der Waals surface area contributed by atoms with Crippen LogP contribution in [0.5, 0.6) is 10.9 Å². The molecule has 1 aromatic carbocycles. The van der Waals surface area contributed by atoms with Gasteiger partial charge in [-0.05, 0) is 24.3 Å². The number of halogens is 1. The Labute approximate surface area is 88.8 Å². The fourth-order valence-corrected chi connectivity index (χ4v) is 1.54. The van der Waals surface area contributed by atoms with E-state index in [0.717, 1.165) is 0 Å². The third-order valence-electron chi connectivity index (χ3n) is 1.60. The molecular formula is C10H6FNO2S. The van der Waals surface area contributed by atoms with Crippen molar-refractivity contribution in [3.8, 4) is 10.9 Å². The Hall–Kier alpha value is -1.75. The van der Waals surface area contributed by atoms with Crippen molar-refractivity contribution in [1.82, 2.24) is 4.98 Å². The van der Waals surface area contributed by atoms with E-state index in [4.69, 9.17) is 4.74 Å². The van der Waals surface area contributed by atoms with Gasteiger partial charge < -0.3 is 4.74 Å². The van der Waals surface area contributed by atoms with E-state index in [1.807, 2.05) is 0 Å². The normalized spacial score (nSPS) is 9.93. The lowest BCUT2D eigenvalue weighted by Crippen LogP contribution is -2.02. The second-order valence-electron chi connectivity index (χ2n) is 2.69. The van der Waals surface area contributed by atoms with Crippen LogP contribution in [-0.4, -0.2) is 4.98 Å². The smallest absolute Gasteiger partial charge is 0.282 e. The Kier molecular flexibility index (Phi) is 2.73. The summed E-state index contributed by atoms with van der Waals surface area (Å²) in [5, 5.41) is 1.84. The van der Waals surface area contributed by atoms with Gasteiger partial charge in [0.05, 0.1) is 0 Å². The number of benzene rings is 1. The molecule has 2 rings (SSSR count). The highest BCUT2D eigenvalue weighted by atomic mass is 32.1. The van der Waals surface area contributed by atoms with Crippen LogP contribution in [-0.2, 0) is 0 Å². The van der Waals surface area contributed by atoms with Gasteiger partial charge in [0.1, 0.15) is 11.6 Å². The third-order valence-corrected chi connectivity index (χ3v) is 2.25. The summed E-state index contributed by atoms with van der Waals surface area (Å²) >= 11 is 1.20. The molecule has 0 saturated carbocycles. The first-order valence-electron chi connectivity index (χ1n) is 4.13. The fourth-order valence-electron chi connectivity index (χ4n) is 0.954. The topological polar surface area (TPSA) is 39.2 Å². The summed E-state index contributed by atoms with van der Waals surface area (Å²) in [5.41, 5.74) is -0.356. The van der Waals surface area contributed by atoms with Gasteiger partial charge >= 0.3 is 0 Å². The summed E-state index contributed by atoms with van der Waals surface area (Å²) in [6.45, 7) is 0. The fraction of sp³-hybridized carbons (Fsp3) is 0. The second-order valence-corrected chi connectivity index (χ2v) is 3.55. The van der Waals surface area contributed by atoms with Crippen LogP contribution in [0.15, 0.2) is 40.5 Å². The monoisotopic (exact) mass is 223 g/mol. The lowest BCUT2D eigenvalue weighted by molar-refractivity contribution is 0.474. The minimum Gasteiger partial charge on any atom is -0.431 e. The van der Waals surface area contributed by atoms with Crippen molar-refractivity contribution in [2.75, 3.05) is 0 Å². The maximum Gasteiger partial charge on any atom is 0.282 e. The first-order chi connectivity index (χ1) is 7.24. The molecule has 5 heteroatoms. The van der Waals surface area contributed by atoms with Gasteiger partial charge in [0.15, 0.2) is 0 Å². The SMILES string of the molecule is O=c1ccsc(Oc2ccc(F)cc2)n1. The lowest BCUT2D eigenvalue weighted by atomic mass is 10.3. The van der Waals surface area contributed by atoms with E-state index in [9.17, 15) is 9.18 Å². The van der Waals surface area contributed by atoms with Crippen LogP contribution in [0.25, 0.3) is 0 Å². The van der Waals surface area contributed by atoms with E-state index in [1.54, 1.807) is 5.38 Å². The number of hydrogen-bond acceptors (Lipinski definition) is 4. The molecule has 0 bridgehead atoms. The summed E-state index contributed by atoms with van der Waals surface area (Å²) in [6.07, 6.45) is 0. The third kappa shape index (κ3) is 2.60. The minimum atomic E-state index is -0.356. The number of rotatable bonds is 2. The van der Waals surface area contributed by atoms with Crippen molar-refractivity contribution in [3.05, 3.63) is 51.9 Å². The Morgan fingerprint density at radius 2 is 1.93 bits per heavy atom. The molecule has 0 aliphatic carbocycles. The zero-order valence-electron chi connectivity index (χ0n) is 7.51. The summed E-state index contributed by atoms with van der Waals surface area (Å²) in [6, 6.07) is 6.85. The zero-order valence-corrected chi connectivity index (χ0v) is 8.33. The van der Waals surface area contributed by atoms with E-state index in [1.165, 1.54) is 41.7 Å². The predicted octanol–water partition coefficient (Wildman–Crippen LogP) is 2.43. The van der Waals surface area contributed by atoms with E-state index in [0.29, 0.717) is 5.75 Å². The second kappa shape index (κ2) is 4.18. The van der Waals surface area contributed by atoms with Crippen LogP contribution in [0.2, 0.25) is 0 Å². The largest absolute Gasteiger partial charge is 0.431 e. The molecule has 0 aliphatic heterocycles. The zero-order chi connectivity index (χ0) is 10.7.